The second kappa shape index (κ2) is 16.0. The first-order chi connectivity index (χ1) is 27.4. The summed E-state index contributed by atoms with van der Waals surface area (Å²) >= 11 is 0. The third kappa shape index (κ3) is 8.79. The van der Waals surface area contributed by atoms with E-state index in [0.717, 1.165) is 37.7 Å². The molecule has 5 atom stereocenters. The van der Waals surface area contributed by atoms with Gasteiger partial charge in [0, 0.05) is 29.9 Å². The van der Waals surface area contributed by atoms with E-state index in [4.69, 9.17) is 23.9 Å². The zero-order valence-electron chi connectivity index (χ0n) is 34.6. The highest BCUT2D eigenvalue weighted by atomic mass is 32.2. The first-order valence-electron chi connectivity index (χ1n) is 20.8. The van der Waals surface area contributed by atoms with Gasteiger partial charge >= 0.3 is 6.09 Å². The lowest BCUT2D eigenvalue weighted by Crippen LogP contribution is -2.53. The van der Waals surface area contributed by atoms with Crippen LogP contribution in [0.4, 0.5) is 4.79 Å². The van der Waals surface area contributed by atoms with E-state index < -0.39 is 61.9 Å². The van der Waals surface area contributed by atoms with Gasteiger partial charge in [0.25, 0.3) is 0 Å². The fraction of sp³-hybridized carbons (Fsp3) is 0.651. The maximum atomic E-state index is 14.7. The van der Waals surface area contributed by atoms with Gasteiger partial charge in [-0.1, -0.05) is 25.0 Å². The van der Waals surface area contributed by atoms with E-state index in [1.165, 1.54) is 4.90 Å². The standard InChI is InChI=1S/C43H58N4O10S/c1-26-34(54-6)18-17-30-35(22-36(45-37(26)30)56-28-14-12-15-28)55-29-21-32-33(48)24-43(39(50)46-58(52,53)42(5)19-20-42)23-27(43)13-10-8-7-9-11-16-31(38(49)47(32)25-29)44-40(51)57-41(2,3)4/h10,13,17-18,22,27-29,31-32H,7-9,11-12,14-16,19-21,23-25H2,1-6H3,(H,44,51)(H,46,50)/b13-10-/t27-,29-,31+,32+,43-/m1/s1. The molecule has 2 aliphatic heterocycles. The second-order valence-electron chi connectivity index (χ2n) is 18.2. The predicted octanol–water partition coefficient (Wildman–Crippen LogP) is 6.21. The maximum Gasteiger partial charge on any atom is 0.408 e. The number of alkyl carbamates (subject to hydrolysis) is 1. The summed E-state index contributed by atoms with van der Waals surface area (Å²) in [6.07, 6.45) is 9.83. The molecule has 1 saturated heterocycles. The number of ether oxygens (including phenoxy) is 4. The van der Waals surface area contributed by atoms with Crippen molar-refractivity contribution in [3.05, 3.63) is 35.9 Å². The van der Waals surface area contributed by atoms with Crippen molar-refractivity contribution in [3.63, 3.8) is 0 Å². The first-order valence-corrected chi connectivity index (χ1v) is 22.3. The Labute approximate surface area is 341 Å². The topological polar surface area (TPSA) is 180 Å². The van der Waals surface area contributed by atoms with Crippen LogP contribution in [0.3, 0.4) is 0 Å². The number of hydrogen-bond acceptors (Lipinski definition) is 11. The number of Topliss-reactive ketones (excluding diaryl/α,β-unsaturated/α-hetero) is 1. The highest BCUT2D eigenvalue weighted by Gasteiger charge is 2.62. The number of amides is 3. The van der Waals surface area contributed by atoms with Crippen molar-refractivity contribution in [3.8, 4) is 17.4 Å². The molecule has 0 spiro atoms. The molecule has 4 fully saturated rings. The number of carbonyl (C=O) groups is 4. The second-order valence-corrected chi connectivity index (χ2v) is 20.4. The Morgan fingerprint density at radius 2 is 1.74 bits per heavy atom. The van der Waals surface area contributed by atoms with Crippen LogP contribution in [-0.2, 0) is 29.1 Å². The number of benzene rings is 1. The molecular formula is C43H58N4O10S. The van der Waals surface area contributed by atoms with Crippen LogP contribution in [0.25, 0.3) is 10.9 Å². The molecule has 2 aromatic rings. The van der Waals surface area contributed by atoms with E-state index in [1.807, 2.05) is 31.2 Å². The molecule has 15 heteroatoms. The van der Waals surface area contributed by atoms with Crippen LogP contribution >= 0.6 is 0 Å². The van der Waals surface area contributed by atoms with E-state index in [0.29, 0.717) is 66.8 Å². The van der Waals surface area contributed by atoms with Gasteiger partial charge in [0.05, 0.1) is 35.4 Å². The minimum atomic E-state index is -3.96. The van der Waals surface area contributed by atoms with Gasteiger partial charge in [-0.3, -0.25) is 19.1 Å². The van der Waals surface area contributed by atoms with Crippen molar-refractivity contribution in [2.75, 3.05) is 13.7 Å². The lowest BCUT2D eigenvalue weighted by molar-refractivity contribution is -0.140. The van der Waals surface area contributed by atoms with Gasteiger partial charge in [-0.2, -0.15) is 0 Å². The van der Waals surface area contributed by atoms with Crippen LogP contribution in [0.5, 0.6) is 17.4 Å². The molecule has 0 radical (unpaired) electrons. The number of allylic oxidation sites excluding steroid dienone is 2. The minimum Gasteiger partial charge on any atom is -0.496 e. The van der Waals surface area contributed by atoms with Crippen molar-refractivity contribution >= 4 is 44.6 Å². The van der Waals surface area contributed by atoms with Crippen molar-refractivity contribution in [2.24, 2.45) is 11.3 Å². The lowest BCUT2D eigenvalue weighted by atomic mass is 9.91. The maximum absolute atomic E-state index is 14.7. The molecule has 3 aliphatic carbocycles. The number of nitrogens with zero attached hydrogens (tertiary/aromatic N) is 2. The molecule has 58 heavy (non-hydrogen) atoms. The molecule has 0 unspecified atom stereocenters. The van der Waals surface area contributed by atoms with Crippen LogP contribution in [0.1, 0.15) is 117 Å². The normalized spacial score (nSPS) is 28.1. The average molecular weight is 823 g/mol. The third-order valence-electron chi connectivity index (χ3n) is 12.5. The monoisotopic (exact) mass is 822 g/mol. The van der Waals surface area contributed by atoms with Gasteiger partial charge in [-0.15, -0.1) is 0 Å². The molecule has 14 nitrogen and oxygen atoms in total. The first kappa shape index (κ1) is 41.7. The van der Waals surface area contributed by atoms with Gasteiger partial charge in [0.1, 0.15) is 35.3 Å². The van der Waals surface area contributed by atoms with Crippen LogP contribution in [0.2, 0.25) is 0 Å². The van der Waals surface area contributed by atoms with E-state index in [9.17, 15) is 27.6 Å². The number of ketones is 1. The molecule has 3 amide bonds. The number of rotatable bonds is 9. The van der Waals surface area contributed by atoms with Gasteiger partial charge in [-0.05, 0) is 110 Å². The average Bonchev–Trinajstić information content (AvgIpc) is 4.01. The molecule has 7 rings (SSSR count). The Kier molecular flexibility index (Phi) is 11.5. The van der Waals surface area contributed by atoms with E-state index in [-0.39, 0.29) is 37.2 Å². The van der Waals surface area contributed by atoms with Gasteiger partial charge in [-0.25, -0.2) is 18.2 Å². The number of nitrogens with one attached hydrogen (secondary N) is 2. The summed E-state index contributed by atoms with van der Waals surface area (Å²) in [7, 11) is -2.37. The number of carbonyl (C=O) groups excluding carboxylic acids is 4. The lowest BCUT2D eigenvalue weighted by Gasteiger charge is -2.30. The summed E-state index contributed by atoms with van der Waals surface area (Å²) in [5, 5.41) is 3.50. The van der Waals surface area contributed by atoms with Gasteiger partial charge in [0.2, 0.25) is 27.7 Å². The fourth-order valence-corrected chi connectivity index (χ4v) is 9.65. The minimum absolute atomic E-state index is 0.0226. The van der Waals surface area contributed by atoms with E-state index >= 15 is 0 Å². The Morgan fingerprint density at radius 3 is 2.41 bits per heavy atom. The summed E-state index contributed by atoms with van der Waals surface area (Å²) in [5.41, 5.74) is -0.636. The van der Waals surface area contributed by atoms with Crippen LogP contribution in [0.15, 0.2) is 30.4 Å². The van der Waals surface area contributed by atoms with Crippen LogP contribution in [0, 0.1) is 18.3 Å². The molecule has 2 N–H and O–H groups in total. The van der Waals surface area contributed by atoms with Crippen LogP contribution < -0.4 is 24.2 Å². The summed E-state index contributed by atoms with van der Waals surface area (Å²) < 4.78 is 51.9. The molecular weight excluding hydrogens is 765 g/mol. The van der Waals surface area contributed by atoms with Crippen molar-refractivity contribution < 1.29 is 46.5 Å². The van der Waals surface area contributed by atoms with E-state index in [2.05, 4.69) is 10.0 Å². The SMILES string of the molecule is COc1ccc2c(O[C@@H]3C[C@H]4C(=O)C[C@]5(C(=O)NS(=O)(=O)C6(C)CC6)C[C@H]5/C=C\CCCCC[C@H](NC(=O)OC(C)(C)C)C(=O)N4C3)cc(OC3CCC3)nc2c1C. The molecule has 1 aromatic carbocycles. The Hall–Kier alpha value is -4.40. The van der Waals surface area contributed by atoms with Crippen molar-refractivity contribution in [2.45, 2.75) is 153 Å². The number of hydrogen-bond donors (Lipinski definition) is 2. The summed E-state index contributed by atoms with van der Waals surface area (Å²) in [4.78, 5) is 62.8. The van der Waals surface area contributed by atoms with Gasteiger partial charge < -0.3 is 29.2 Å². The molecule has 316 valence electrons. The Bertz CT molecular complexity index is 2090. The largest absolute Gasteiger partial charge is 0.496 e. The number of sulfonamides is 1. The number of pyridine rings is 1. The quantitative estimate of drug-likeness (QED) is 0.275. The summed E-state index contributed by atoms with van der Waals surface area (Å²) in [6, 6.07) is 3.45. The summed E-state index contributed by atoms with van der Waals surface area (Å²) in [5.74, 6) is -0.310. The van der Waals surface area contributed by atoms with Crippen molar-refractivity contribution in [1.82, 2.24) is 19.9 Å². The van der Waals surface area contributed by atoms with Gasteiger partial charge in [0.15, 0.2) is 5.78 Å². The van der Waals surface area contributed by atoms with Crippen LogP contribution in [-0.4, -0.2) is 90.3 Å². The fourth-order valence-electron chi connectivity index (χ4n) is 8.31. The summed E-state index contributed by atoms with van der Waals surface area (Å²) in [6.45, 7) is 8.77. The molecule has 3 heterocycles. The molecule has 1 aromatic heterocycles. The third-order valence-corrected chi connectivity index (χ3v) is 14.7. The highest BCUT2D eigenvalue weighted by molar-refractivity contribution is 7.91. The molecule has 5 aliphatic rings. The Balaban J connectivity index is 1.22. The molecule has 3 saturated carbocycles. The van der Waals surface area contributed by atoms with Crippen molar-refractivity contribution in [1.29, 1.82) is 0 Å². The number of aryl methyl sites for hydroxylation is 1. The number of methoxy groups -OCH3 is 1. The highest BCUT2D eigenvalue weighted by Crippen LogP contribution is 2.57. The number of fused-ring (bicyclic) bond motifs is 3. The zero-order valence-corrected chi connectivity index (χ0v) is 35.4. The number of aromatic nitrogens is 1. The zero-order chi connectivity index (χ0) is 41.6. The molecule has 0 bridgehead atoms. The Morgan fingerprint density at radius 1 is 0.983 bits per heavy atom. The smallest absolute Gasteiger partial charge is 0.408 e. The predicted molar refractivity (Wildman–Crippen MR) is 216 cm³/mol. The van der Waals surface area contributed by atoms with E-state index in [1.54, 1.807) is 40.9 Å².